The highest BCUT2D eigenvalue weighted by molar-refractivity contribution is 5.82. The number of hydrogen-bond acceptors (Lipinski definition) is 5. The monoisotopic (exact) mass is 414 g/mol. The molecule has 158 valence electrons. The smallest absolute Gasteiger partial charge is 0.178 e. The molecule has 4 aromatic rings. The Hall–Kier alpha value is -3.22. The quantitative estimate of drug-likeness (QED) is 0.475. The number of methoxy groups -OCH3 is 1. The zero-order valence-electron chi connectivity index (χ0n) is 17.7. The van der Waals surface area contributed by atoms with Crippen molar-refractivity contribution >= 4 is 11.2 Å². The van der Waals surface area contributed by atoms with Gasteiger partial charge in [0.25, 0.3) is 0 Å². The van der Waals surface area contributed by atoms with E-state index in [1.807, 2.05) is 30.5 Å². The van der Waals surface area contributed by atoms with Crippen molar-refractivity contribution in [1.82, 2.24) is 19.4 Å². The van der Waals surface area contributed by atoms with Gasteiger partial charge in [0.05, 0.1) is 25.8 Å². The lowest BCUT2D eigenvalue weighted by Gasteiger charge is -2.27. The molecule has 3 heterocycles. The van der Waals surface area contributed by atoms with Crippen LogP contribution >= 0.6 is 0 Å². The number of hydrogen-bond donors (Lipinski definition) is 0. The summed E-state index contributed by atoms with van der Waals surface area (Å²) < 4.78 is 13.2. The predicted octanol–water partition coefficient (Wildman–Crippen LogP) is 4.11. The van der Waals surface area contributed by atoms with Crippen molar-refractivity contribution in [2.45, 2.75) is 6.54 Å². The Morgan fingerprint density at radius 2 is 1.71 bits per heavy atom. The molecule has 1 fully saturated rings. The van der Waals surface area contributed by atoms with Gasteiger partial charge in [0, 0.05) is 43.5 Å². The molecule has 0 radical (unpaired) electrons. The van der Waals surface area contributed by atoms with E-state index in [-0.39, 0.29) is 0 Å². The predicted molar refractivity (Wildman–Crippen MR) is 122 cm³/mol. The van der Waals surface area contributed by atoms with Crippen LogP contribution in [0, 0.1) is 0 Å². The van der Waals surface area contributed by atoms with E-state index in [1.54, 1.807) is 7.11 Å². The van der Waals surface area contributed by atoms with Crippen molar-refractivity contribution in [3.63, 3.8) is 0 Å². The molecule has 1 aliphatic heterocycles. The number of nitrogens with zero attached hydrogens (tertiary/aromatic N) is 4. The third kappa shape index (κ3) is 4.17. The van der Waals surface area contributed by atoms with Gasteiger partial charge in [-0.2, -0.15) is 0 Å². The van der Waals surface area contributed by atoms with E-state index in [0.717, 1.165) is 78.8 Å². The van der Waals surface area contributed by atoms with Crippen molar-refractivity contribution in [1.29, 1.82) is 0 Å². The average molecular weight is 415 g/mol. The number of pyridine rings is 1. The third-order valence-corrected chi connectivity index (χ3v) is 5.78. The highest BCUT2D eigenvalue weighted by atomic mass is 16.5. The lowest BCUT2D eigenvalue weighted by atomic mass is 10.1. The van der Waals surface area contributed by atoms with Gasteiger partial charge in [-0.25, -0.2) is 9.97 Å². The first-order valence-corrected chi connectivity index (χ1v) is 10.7. The van der Waals surface area contributed by atoms with Gasteiger partial charge in [-0.1, -0.05) is 42.5 Å². The van der Waals surface area contributed by atoms with Gasteiger partial charge >= 0.3 is 0 Å². The molecule has 0 aliphatic carbocycles. The number of benzene rings is 2. The minimum Gasteiger partial charge on any atom is -0.497 e. The van der Waals surface area contributed by atoms with Crippen LogP contribution in [-0.2, 0) is 11.3 Å². The van der Waals surface area contributed by atoms with Crippen LogP contribution in [0.15, 0.2) is 66.9 Å². The van der Waals surface area contributed by atoms with Gasteiger partial charge in [0.1, 0.15) is 11.6 Å². The van der Waals surface area contributed by atoms with E-state index in [4.69, 9.17) is 19.4 Å². The molecule has 0 amide bonds. The molecule has 1 aliphatic rings. The second-order valence-electron chi connectivity index (χ2n) is 7.71. The van der Waals surface area contributed by atoms with Gasteiger partial charge in [0.15, 0.2) is 5.65 Å². The molecular weight excluding hydrogens is 388 g/mol. The topological polar surface area (TPSA) is 52.4 Å². The van der Waals surface area contributed by atoms with Gasteiger partial charge in [-0.05, 0) is 23.8 Å². The summed E-state index contributed by atoms with van der Waals surface area (Å²) in [5.41, 5.74) is 5.09. The Kier molecular flexibility index (Phi) is 5.65. The zero-order valence-corrected chi connectivity index (χ0v) is 17.7. The van der Waals surface area contributed by atoms with Crippen LogP contribution in [0.25, 0.3) is 33.7 Å². The van der Waals surface area contributed by atoms with E-state index < -0.39 is 0 Å². The minimum absolute atomic E-state index is 0.763. The Balaban J connectivity index is 1.58. The standard InChI is InChI=1S/C25H26N4O2/c1-30-22-9-5-8-20(16-22)25-27-24-23(29(25)11-10-28-12-14-31-15-13-28)17-21(18-26-24)19-6-3-2-4-7-19/h2-9,16-18H,10-15H2,1H3. The lowest BCUT2D eigenvalue weighted by molar-refractivity contribution is 0.0366. The van der Waals surface area contributed by atoms with Crippen LogP contribution in [0.2, 0.25) is 0 Å². The number of ether oxygens (including phenoxy) is 2. The molecule has 5 rings (SSSR count). The summed E-state index contributed by atoms with van der Waals surface area (Å²) in [6.07, 6.45) is 1.91. The van der Waals surface area contributed by atoms with Crippen molar-refractivity contribution < 1.29 is 9.47 Å². The number of imidazole rings is 1. The first-order valence-electron chi connectivity index (χ1n) is 10.7. The van der Waals surface area contributed by atoms with E-state index >= 15 is 0 Å². The Morgan fingerprint density at radius 3 is 2.52 bits per heavy atom. The van der Waals surface area contributed by atoms with Crippen LogP contribution < -0.4 is 4.74 Å². The van der Waals surface area contributed by atoms with Crippen molar-refractivity contribution in [3.05, 3.63) is 66.9 Å². The van der Waals surface area contributed by atoms with Gasteiger partial charge in [-0.3, -0.25) is 4.90 Å². The van der Waals surface area contributed by atoms with Crippen LogP contribution in [0.4, 0.5) is 0 Å². The average Bonchev–Trinajstić information content (AvgIpc) is 3.22. The molecule has 2 aromatic heterocycles. The molecule has 6 nitrogen and oxygen atoms in total. The molecule has 0 atom stereocenters. The molecule has 6 heteroatoms. The Labute approximate surface area is 182 Å². The highest BCUT2D eigenvalue weighted by Crippen LogP contribution is 2.29. The summed E-state index contributed by atoms with van der Waals surface area (Å²) >= 11 is 0. The van der Waals surface area contributed by atoms with Crippen LogP contribution in [0.1, 0.15) is 0 Å². The van der Waals surface area contributed by atoms with E-state index in [9.17, 15) is 0 Å². The van der Waals surface area contributed by atoms with E-state index in [1.165, 1.54) is 0 Å². The van der Waals surface area contributed by atoms with E-state index in [2.05, 4.69) is 45.9 Å². The summed E-state index contributed by atoms with van der Waals surface area (Å²) in [6.45, 7) is 5.31. The molecule has 0 saturated carbocycles. The molecule has 0 bridgehead atoms. The summed E-state index contributed by atoms with van der Waals surface area (Å²) in [5.74, 6) is 1.74. The molecular formula is C25H26N4O2. The molecule has 31 heavy (non-hydrogen) atoms. The number of rotatable bonds is 6. The first kappa shape index (κ1) is 19.7. The molecule has 0 N–H and O–H groups in total. The fourth-order valence-electron chi connectivity index (χ4n) is 4.07. The molecule has 1 saturated heterocycles. The van der Waals surface area contributed by atoms with Crippen LogP contribution in [0.3, 0.4) is 0 Å². The molecule has 0 spiro atoms. The van der Waals surface area contributed by atoms with Gasteiger partial charge in [-0.15, -0.1) is 0 Å². The second-order valence-corrected chi connectivity index (χ2v) is 7.71. The van der Waals surface area contributed by atoms with Crippen molar-refractivity contribution in [2.75, 3.05) is 40.0 Å². The summed E-state index contributed by atoms with van der Waals surface area (Å²) in [4.78, 5) is 12.1. The molecule has 0 unspecified atom stereocenters. The Bertz CT molecular complexity index is 1170. The van der Waals surface area contributed by atoms with Crippen LogP contribution in [-0.4, -0.2) is 59.4 Å². The SMILES string of the molecule is COc1cccc(-c2nc3ncc(-c4ccccc4)cc3n2CCN2CCOCC2)c1. The maximum absolute atomic E-state index is 5.51. The van der Waals surface area contributed by atoms with Gasteiger partial charge in [0.2, 0.25) is 0 Å². The van der Waals surface area contributed by atoms with Crippen LogP contribution in [0.5, 0.6) is 5.75 Å². The zero-order chi connectivity index (χ0) is 21.0. The summed E-state index contributed by atoms with van der Waals surface area (Å²) in [6, 6.07) is 20.6. The fourth-order valence-corrected chi connectivity index (χ4v) is 4.07. The normalized spacial score (nSPS) is 14.7. The fraction of sp³-hybridized carbons (Fsp3) is 0.280. The van der Waals surface area contributed by atoms with E-state index in [0.29, 0.717) is 0 Å². The van der Waals surface area contributed by atoms with Crippen molar-refractivity contribution in [3.8, 4) is 28.3 Å². The van der Waals surface area contributed by atoms with Crippen molar-refractivity contribution in [2.24, 2.45) is 0 Å². The summed E-state index contributed by atoms with van der Waals surface area (Å²) in [7, 11) is 1.69. The number of fused-ring (bicyclic) bond motifs is 1. The maximum atomic E-state index is 5.51. The largest absolute Gasteiger partial charge is 0.497 e. The number of morpholine rings is 1. The minimum atomic E-state index is 0.763. The number of aromatic nitrogens is 3. The highest BCUT2D eigenvalue weighted by Gasteiger charge is 2.17. The molecule has 2 aromatic carbocycles. The third-order valence-electron chi connectivity index (χ3n) is 5.78. The Morgan fingerprint density at radius 1 is 0.903 bits per heavy atom. The summed E-state index contributed by atoms with van der Waals surface area (Å²) in [5, 5.41) is 0. The second kappa shape index (κ2) is 8.88. The van der Waals surface area contributed by atoms with Gasteiger partial charge < -0.3 is 14.0 Å². The first-order chi connectivity index (χ1) is 15.3. The lowest BCUT2D eigenvalue weighted by Crippen LogP contribution is -2.38. The maximum Gasteiger partial charge on any atom is 0.178 e.